The Morgan fingerprint density at radius 1 is 1.35 bits per heavy atom. The molecule has 94 valence electrons. The van der Waals surface area contributed by atoms with E-state index in [1.165, 1.54) is 7.11 Å². The predicted molar refractivity (Wildman–Crippen MR) is 67.6 cm³/mol. The highest BCUT2D eigenvalue weighted by Crippen LogP contribution is 2.27. The first-order valence-corrected chi connectivity index (χ1v) is 5.48. The summed E-state index contributed by atoms with van der Waals surface area (Å²) in [5.41, 5.74) is 2.08. The third-order valence-electron chi connectivity index (χ3n) is 2.57. The lowest BCUT2D eigenvalue weighted by molar-refractivity contribution is -0.147. The van der Waals surface area contributed by atoms with Crippen LogP contribution in [-0.2, 0) is 9.53 Å². The fraction of sp³-hybridized carbons (Fsp3) is 0.462. The molecule has 0 aromatic heterocycles. The maximum absolute atomic E-state index is 11.3. The molecule has 1 rings (SSSR count). The summed E-state index contributed by atoms with van der Waals surface area (Å²) in [5.74, 6) is 0.328. The molecule has 0 fully saturated rings. The van der Waals surface area contributed by atoms with Gasteiger partial charge in [0.25, 0.3) is 0 Å². The molecule has 4 heteroatoms. The first-order chi connectivity index (χ1) is 7.97. The number of carbonyl (C=O) groups is 1. The van der Waals surface area contributed by atoms with Gasteiger partial charge in [0.05, 0.1) is 7.11 Å². The van der Waals surface area contributed by atoms with E-state index in [0.717, 1.165) is 11.3 Å². The van der Waals surface area contributed by atoms with E-state index >= 15 is 0 Å². The molecule has 0 aliphatic heterocycles. The Morgan fingerprint density at radius 2 is 2.00 bits per heavy atom. The molecule has 0 aliphatic carbocycles. The van der Waals surface area contributed by atoms with Crippen LogP contribution in [0, 0.1) is 6.92 Å². The molecule has 0 heterocycles. The molecule has 1 atom stereocenters. The van der Waals surface area contributed by atoms with E-state index in [-0.39, 0.29) is 5.97 Å². The molecule has 0 radical (unpaired) electrons. The van der Waals surface area contributed by atoms with E-state index in [1.807, 2.05) is 44.1 Å². The van der Waals surface area contributed by atoms with Crippen LogP contribution in [0.2, 0.25) is 0 Å². The Bertz CT molecular complexity index is 402. The summed E-state index contributed by atoms with van der Waals surface area (Å²) in [4.78, 5) is 13.3. The molecule has 0 spiro atoms. The number of ether oxygens (including phenoxy) is 2. The van der Waals surface area contributed by atoms with E-state index in [0.29, 0.717) is 5.75 Å². The number of nitrogens with zero attached hydrogens (tertiary/aromatic N) is 1. The molecule has 4 nitrogen and oxygen atoms in total. The summed E-state index contributed by atoms with van der Waals surface area (Å²) < 4.78 is 10.2. The van der Waals surface area contributed by atoms with Crippen LogP contribution in [0.25, 0.3) is 0 Å². The monoisotopic (exact) mass is 237 g/mol. The average Bonchev–Trinajstić information content (AvgIpc) is 2.30. The van der Waals surface area contributed by atoms with Crippen LogP contribution in [0.1, 0.15) is 12.5 Å². The molecule has 1 aromatic carbocycles. The molecular weight excluding hydrogens is 218 g/mol. The minimum Gasteiger partial charge on any atom is -0.479 e. The van der Waals surface area contributed by atoms with Crippen molar-refractivity contribution in [3.8, 4) is 5.75 Å². The van der Waals surface area contributed by atoms with Gasteiger partial charge in [-0.25, -0.2) is 4.79 Å². The SMILES string of the molecule is COC(=O)C(C)Oc1cccc(N(C)C)c1C. The van der Waals surface area contributed by atoms with Crippen molar-refractivity contribution in [2.75, 3.05) is 26.1 Å². The quantitative estimate of drug-likeness (QED) is 0.751. The summed E-state index contributed by atoms with van der Waals surface area (Å²) in [5, 5.41) is 0. The van der Waals surface area contributed by atoms with Crippen molar-refractivity contribution >= 4 is 11.7 Å². The van der Waals surface area contributed by atoms with Crippen LogP contribution in [0.3, 0.4) is 0 Å². The number of hydrogen-bond donors (Lipinski definition) is 0. The Kier molecular flexibility index (Phi) is 4.37. The number of rotatable bonds is 4. The number of methoxy groups -OCH3 is 1. The van der Waals surface area contributed by atoms with Crippen LogP contribution >= 0.6 is 0 Å². The van der Waals surface area contributed by atoms with Crippen molar-refractivity contribution in [1.29, 1.82) is 0 Å². The zero-order chi connectivity index (χ0) is 13.0. The van der Waals surface area contributed by atoms with Crippen molar-refractivity contribution in [2.45, 2.75) is 20.0 Å². The minimum absolute atomic E-state index is 0.375. The summed E-state index contributed by atoms with van der Waals surface area (Å²) in [6.45, 7) is 3.64. The van der Waals surface area contributed by atoms with Gasteiger partial charge in [-0.1, -0.05) is 6.07 Å². The van der Waals surface area contributed by atoms with Gasteiger partial charge >= 0.3 is 5.97 Å². The molecule has 0 bridgehead atoms. The highest BCUT2D eigenvalue weighted by Gasteiger charge is 2.16. The first kappa shape index (κ1) is 13.4. The lowest BCUT2D eigenvalue weighted by atomic mass is 10.1. The molecule has 0 aliphatic rings. The normalized spacial score (nSPS) is 11.8. The second kappa shape index (κ2) is 5.57. The standard InChI is InChI=1S/C13H19NO3/c1-9-11(14(3)4)7-6-8-12(9)17-10(2)13(15)16-5/h6-8,10H,1-5H3. The lowest BCUT2D eigenvalue weighted by Crippen LogP contribution is -2.25. The molecule has 1 unspecified atom stereocenters. The Labute approximate surface area is 102 Å². The minimum atomic E-state index is -0.601. The van der Waals surface area contributed by atoms with Crippen LogP contribution in [0.5, 0.6) is 5.75 Å². The van der Waals surface area contributed by atoms with Crippen molar-refractivity contribution < 1.29 is 14.3 Å². The largest absolute Gasteiger partial charge is 0.479 e. The van der Waals surface area contributed by atoms with E-state index in [1.54, 1.807) is 6.92 Å². The smallest absolute Gasteiger partial charge is 0.346 e. The van der Waals surface area contributed by atoms with Gasteiger partial charge < -0.3 is 14.4 Å². The van der Waals surface area contributed by atoms with Gasteiger partial charge in [-0.2, -0.15) is 0 Å². The van der Waals surface area contributed by atoms with Crippen LogP contribution in [-0.4, -0.2) is 33.3 Å². The summed E-state index contributed by atoms with van der Waals surface area (Å²) in [6.07, 6.45) is -0.601. The van der Waals surface area contributed by atoms with Crippen molar-refractivity contribution in [3.05, 3.63) is 23.8 Å². The molecule has 0 N–H and O–H groups in total. The van der Waals surface area contributed by atoms with E-state index < -0.39 is 6.10 Å². The van der Waals surface area contributed by atoms with E-state index in [2.05, 4.69) is 4.74 Å². The van der Waals surface area contributed by atoms with Crippen LogP contribution in [0.4, 0.5) is 5.69 Å². The van der Waals surface area contributed by atoms with Crippen LogP contribution < -0.4 is 9.64 Å². The molecule has 0 amide bonds. The van der Waals surface area contributed by atoms with E-state index in [4.69, 9.17) is 4.74 Å². The lowest BCUT2D eigenvalue weighted by Gasteiger charge is -2.20. The van der Waals surface area contributed by atoms with E-state index in [9.17, 15) is 4.79 Å². The molecular formula is C13H19NO3. The zero-order valence-electron chi connectivity index (χ0n) is 11.0. The highest BCUT2D eigenvalue weighted by atomic mass is 16.6. The molecule has 0 saturated heterocycles. The van der Waals surface area contributed by atoms with Gasteiger partial charge in [-0.15, -0.1) is 0 Å². The number of carbonyl (C=O) groups excluding carboxylic acids is 1. The first-order valence-electron chi connectivity index (χ1n) is 5.48. The Morgan fingerprint density at radius 3 is 2.53 bits per heavy atom. The highest BCUT2D eigenvalue weighted by molar-refractivity contribution is 5.74. The number of anilines is 1. The molecule has 0 saturated carbocycles. The maximum atomic E-state index is 11.3. The maximum Gasteiger partial charge on any atom is 0.346 e. The molecule has 1 aromatic rings. The topological polar surface area (TPSA) is 38.8 Å². The fourth-order valence-corrected chi connectivity index (χ4v) is 1.62. The number of esters is 1. The van der Waals surface area contributed by atoms with Crippen molar-refractivity contribution in [1.82, 2.24) is 0 Å². The number of benzene rings is 1. The van der Waals surface area contributed by atoms with Gasteiger partial charge in [0.1, 0.15) is 5.75 Å². The van der Waals surface area contributed by atoms with Crippen molar-refractivity contribution in [3.63, 3.8) is 0 Å². The number of hydrogen-bond acceptors (Lipinski definition) is 4. The second-order valence-corrected chi connectivity index (χ2v) is 4.08. The van der Waals surface area contributed by atoms with Gasteiger partial charge in [0.15, 0.2) is 6.10 Å². The van der Waals surface area contributed by atoms with Gasteiger partial charge in [0.2, 0.25) is 0 Å². The Balaban J connectivity index is 2.92. The van der Waals surface area contributed by atoms with Gasteiger partial charge in [-0.3, -0.25) is 0 Å². The second-order valence-electron chi connectivity index (χ2n) is 4.08. The van der Waals surface area contributed by atoms with Crippen molar-refractivity contribution in [2.24, 2.45) is 0 Å². The summed E-state index contributed by atoms with van der Waals surface area (Å²) in [7, 11) is 5.29. The average molecular weight is 237 g/mol. The third-order valence-corrected chi connectivity index (χ3v) is 2.57. The predicted octanol–water partition coefficient (Wildman–Crippen LogP) is 2.00. The fourth-order valence-electron chi connectivity index (χ4n) is 1.62. The van der Waals surface area contributed by atoms with Gasteiger partial charge in [-0.05, 0) is 26.0 Å². The zero-order valence-corrected chi connectivity index (χ0v) is 11.0. The summed E-state index contributed by atoms with van der Waals surface area (Å²) in [6, 6.07) is 5.76. The van der Waals surface area contributed by atoms with Crippen LogP contribution in [0.15, 0.2) is 18.2 Å². The Hall–Kier alpha value is -1.71. The third kappa shape index (κ3) is 3.12. The van der Waals surface area contributed by atoms with Gasteiger partial charge in [0, 0.05) is 25.3 Å². The summed E-state index contributed by atoms with van der Waals surface area (Å²) >= 11 is 0. The molecule has 17 heavy (non-hydrogen) atoms.